The highest BCUT2D eigenvalue weighted by molar-refractivity contribution is 9.10. The number of carbonyl (C=O) groups excluding carboxylic acids is 1. The first-order valence-electron chi connectivity index (χ1n) is 9.49. The van der Waals surface area contributed by atoms with Crippen LogP contribution >= 0.6 is 15.9 Å². The molecule has 0 aliphatic carbocycles. The lowest BCUT2D eigenvalue weighted by molar-refractivity contribution is -0.142. The minimum atomic E-state index is -0.791. The predicted molar refractivity (Wildman–Crippen MR) is 122 cm³/mol. The van der Waals surface area contributed by atoms with E-state index in [2.05, 4.69) is 41.3 Å². The van der Waals surface area contributed by atoms with Gasteiger partial charge < -0.3 is 31.0 Å². The number of nitrogens with zero attached hydrogens (tertiary/aromatic N) is 4. The van der Waals surface area contributed by atoms with E-state index in [1.54, 1.807) is 25.2 Å². The normalized spacial score (nSPS) is 14.0. The lowest BCUT2D eigenvalue weighted by Crippen LogP contribution is -2.32. The van der Waals surface area contributed by atoms with Crippen LogP contribution in [0.1, 0.15) is 29.7 Å². The van der Waals surface area contributed by atoms with Crippen molar-refractivity contribution in [2.45, 2.75) is 13.0 Å². The second-order valence-electron chi connectivity index (χ2n) is 6.52. The molecular weight excluding hydrogens is 496 g/mol. The number of methoxy groups -OCH3 is 1. The summed E-state index contributed by atoms with van der Waals surface area (Å²) in [7, 11) is 1.26. The molecule has 6 N–H and O–H groups in total. The second-order valence-corrected chi connectivity index (χ2v) is 7.37. The monoisotopic (exact) mass is 514 g/mol. The number of esters is 1. The number of benzene rings is 1. The van der Waals surface area contributed by atoms with Crippen LogP contribution in [-0.4, -0.2) is 37.2 Å². The lowest BCUT2D eigenvalue weighted by atomic mass is 9.95. The van der Waals surface area contributed by atoms with Gasteiger partial charge >= 0.3 is 5.97 Å². The Balaban J connectivity index is 2.18. The van der Waals surface area contributed by atoms with Gasteiger partial charge in [0.25, 0.3) is 0 Å². The summed E-state index contributed by atoms with van der Waals surface area (Å²) in [6, 6.07) is 4.44. The van der Waals surface area contributed by atoms with E-state index in [0.29, 0.717) is 33.7 Å². The topological polar surface area (TPSA) is 194 Å². The maximum absolute atomic E-state index is 11.5. The quantitative estimate of drug-likeness (QED) is 0.249. The van der Waals surface area contributed by atoms with Crippen LogP contribution < -0.4 is 31.6 Å². The molecule has 0 saturated carbocycles. The molecule has 0 amide bonds. The number of rotatable bonds is 6. The van der Waals surface area contributed by atoms with Crippen molar-refractivity contribution in [2.75, 3.05) is 37.1 Å². The summed E-state index contributed by atoms with van der Waals surface area (Å²) in [5.74, 6) is 0.389. The van der Waals surface area contributed by atoms with Gasteiger partial charge in [0, 0.05) is 10.0 Å². The van der Waals surface area contributed by atoms with E-state index in [4.69, 9.17) is 26.2 Å². The van der Waals surface area contributed by atoms with Gasteiger partial charge in [-0.15, -0.1) is 0 Å². The summed E-state index contributed by atoms with van der Waals surface area (Å²) < 4.78 is 16.4. The van der Waals surface area contributed by atoms with Crippen molar-refractivity contribution in [3.05, 3.63) is 33.3 Å². The zero-order chi connectivity index (χ0) is 24.1. The van der Waals surface area contributed by atoms with Crippen molar-refractivity contribution in [2.24, 2.45) is 4.99 Å². The van der Waals surface area contributed by atoms with Crippen LogP contribution in [0.4, 0.5) is 17.3 Å². The first-order valence-corrected chi connectivity index (χ1v) is 10.3. The summed E-state index contributed by atoms with van der Waals surface area (Å²) in [6.07, 6.45) is 1.79. The molecule has 13 heteroatoms. The Morgan fingerprint density at radius 1 is 1.30 bits per heavy atom. The van der Waals surface area contributed by atoms with Gasteiger partial charge in [-0.3, -0.25) is 5.32 Å². The smallest absolute Gasteiger partial charge is 0.343 e. The first kappa shape index (κ1) is 23.4. The first-order chi connectivity index (χ1) is 15.8. The van der Waals surface area contributed by atoms with Crippen LogP contribution in [0.2, 0.25) is 0 Å². The highest BCUT2D eigenvalue weighted by Gasteiger charge is 2.31. The number of nitrogens with two attached hydrogens (primary N) is 2. The van der Waals surface area contributed by atoms with Gasteiger partial charge in [0.2, 0.25) is 5.96 Å². The van der Waals surface area contributed by atoms with Crippen molar-refractivity contribution in [3.63, 3.8) is 0 Å². The fourth-order valence-electron chi connectivity index (χ4n) is 3.14. The molecule has 0 spiro atoms. The molecule has 2 heterocycles. The average Bonchev–Trinajstić information content (AvgIpc) is 2.78. The van der Waals surface area contributed by atoms with E-state index in [0.717, 1.165) is 0 Å². The fourth-order valence-corrected chi connectivity index (χ4v) is 3.68. The molecule has 1 aliphatic rings. The number of halogens is 1. The van der Waals surface area contributed by atoms with Crippen LogP contribution in [0, 0.1) is 22.8 Å². The Labute approximate surface area is 197 Å². The molecule has 0 saturated heterocycles. The third-order valence-corrected chi connectivity index (χ3v) is 5.27. The molecule has 1 unspecified atom stereocenters. The van der Waals surface area contributed by atoms with Gasteiger partial charge in [0.15, 0.2) is 24.3 Å². The molecule has 2 aromatic rings. The Bertz CT molecular complexity index is 1220. The van der Waals surface area contributed by atoms with Crippen molar-refractivity contribution in [3.8, 4) is 23.8 Å². The highest BCUT2D eigenvalue weighted by atomic mass is 79.9. The third-order valence-electron chi connectivity index (χ3n) is 4.59. The number of aromatic nitrogens is 1. The van der Waals surface area contributed by atoms with Crippen molar-refractivity contribution >= 4 is 45.2 Å². The number of nitrogens with one attached hydrogen (secondary N) is 2. The molecule has 1 atom stereocenters. The van der Waals surface area contributed by atoms with Crippen molar-refractivity contribution < 1.29 is 19.0 Å². The van der Waals surface area contributed by atoms with E-state index < -0.39 is 12.0 Å². The van der Waals surface area contributed by atoms with Crippen LogP contribution in [0.15, 0.2) is 21.6 Å². The largest absolute Gasteiger partial charge is 0.490 e. The Morgan fingerprint density at radius 3 is 2.67 bits per heavy atom. The molecule has 170 valence electrons. The second kappa shape index (κ2) is 9.93. The SMILES string of the molecule is CCOc1cc(C2N=C(NC#N)Nc3nc(N)c(C#N)c(N)c32)c(Br)cc1OCC(=O)OC. The molecule has 1 aromatic heterocycles. The Kier molecular flexibility index (Phi) is 7.05. The average molecular weight is 515 g/mol. The number of aliphatic imine (C=N–C) groups is 1. The van der Waals surface area contributed by atoms with Gasteiger partial charge in [0.1, 0.15) is 29.3 Å². The summed E-state index contributed by atoms with van der Waals surface area (Å²) in [5, 5.41) is 23.8. The summed E-state index contributed by atoms with van der Waals surface area (Å²) in [6.45, 7) is 1.80. The molecule has 12 nitrogen and oxygen atoms in total. The van der Waals surface area contributed by atoms with E-state index in [1.165, 1.54) is 7.11 Å². The number of hydrogen-bond acceptors (Lipinski definition) is 12. The number of pyridine rings is 1. The van der Waals surface area contributed by atoms with Crippen LogP contribution in [0.3, 0.4) is 0 Å². The highest BCUT2D eigenvalue weighted by Crippen LogP contribution is 2.45. The Hall–Kier alpha value is -4.23. The molecule has 0 radical (unpaired) electrons. The predicted octanol–water partition coefficient (Wildman–Crippen LogP) is 1.77. The third kappa shape index (κ3) is 4.68. The number of ether oxygens (including phenoxy) is 3. The summed E-state index contributed by atoms with van der Waals surface area (Å²) in [4.78, 5) is 20.3. The molecule has 33 heavy (non-hydrogen) atoms. The van der Waals surface area contributed by atoms with E-state index in [1.807, 2.05) is 6.07 Å². The molecule has 0 fully saturated rings. The van der Waals surface area contributed by atoms with E-state index in [-0.39, 0.29) is 35.5 Å². The summed E-state index contributed by atoms with van der Waals surface area (Å²) >= 11 is 3.50. The number of carbonyl (C=O) groups is 1. The van der Waals surface area contributed by atoms with Crippen LogP contribution in [0.25, 0.3) is 0 Å². The number of anilines is 3. The number of nitrogen functional groups attached to an aromatic ring is 2. The maximum atomic E-state index is 11.5. The van der Waals surface area contributed by atoms with E-state index >= 15 is 0 Å². The molecule has 1 aliphatic heterocycles. The molecular formula is C20H19BrN8O4. The Morgan fingerprint density at radius 2 is 2.03 bits per heavy atom. The standard InChI is InChI=1S/C20H19BrN8O4/c1-3-32-12-4-9(11(21)5-13(12)33-7-14(30)31-2)17-15-16(24)10(6-22)18(25)28-19(15)29-20(27-17)26-8-23/h4-5,17H,3,7H2,1-2H3,(H6,24,25,26,27,28,29). The van der Waals surface area contributed by atoms with Crippen molar-refractivity contribution in [1.82, 2.24) is 10.3 Å². The van der Waals surface area contributed by atoms with Gasteiger partial charge in [-0.05, 0) is 24.6 Å². The maximum Gasteiger partial charge on any atom is 0.343 e. The van der Waals surface area contributed by atoms with Gasteiger partial charge in [-0.2, -0.15) is 10.5 Å². The fraction of sp³-hybridized carbons (Fsp3) is 0.250. The molecule has 1 aromatic carbocycles. The number of nitriles is 2. The zero-order valence-corrected chi connectivity index (χ0v) is 19.2. The number of hydrogen-bond donors (Lipinski definition) is 4. The lowest BCUT2D eigenvalue weighted by Gasteiger charge is -2.27. The number of guanidine groups is 1. The minimum absolute atomic E-state index is 0.0200. The molecule has 3 rings (SSSR count). The zero-order valence-electron chi connectivity index (χ0n) is 17.6. The van der Waals surface area contributed by atoms with Gasteiger partial charge in [-0.1, -0.05) is 15.9 Å². The van der Waals surface area contributed by atoms with Gasteiger partial charge in [0.05, 0.1) is 19.4 Å². The molecule has 0 bridgehead atoms. The summed E-state index contributed by atoms with van der Waals surface area (Å²) in [5.41, 5.74) is 13.3. The van der Waals surface area contributed by atoms with Crippen molar-refractivity contribution in [1.29, 1.82) is 10.5 Å². The number of fused-ring (bicyclic) bond motifs is 1. The van der Waals surface area contributed by atoms with Crippen LogP contribution in [-0.2, 0) is 9.53 Å². The van der Waals surface area contributed by atoms with E-state index in [9.17, 15) is 10.1 Å². The van der Waals surface area contributed by atoms with Crippen LogP contribution in [0.5, 0.6) is 11.5 Å². The van der Waals surface area contributed by atoms with Gasteiger partial charge in [-0.25, -0.2) is 14.8 Å². The minimum Gasteiger partial charge on any atom is -0.490 e.